The van der Waals surface area contributed by atoms with E-state index in [1.165, 1.54) is 453 Å². The van der Waals surface area contributed by atoms with Gasteiger partial charge in [-0.05, 0) is 277 Å². The number of furan rings is 2. The molecular formula is C140H173NO2. The summed E-state index contributed by atoms with van der Waals surface area (Å²) in [6.07, 6.45) is 65.5. The first kappa shape index (κ1) is 102. The highest BCUT2D eigenvalue weighted by atomic mass is 16.3. The predicted octanol–water partition coefficient (Wildman–Crippen LogP) is 44.4. The van der Waals surface area contributed by atoms with Crippen molar-refractivity contribution in [2.24, 2.45) is 0 Å². The van der Waals surface area contributed by atoms with Gasteiger partial charge in [0.05, 0.1) is 0 Å². The van der Waals surface area contributed by atoms with Gasteiger partial charge in [0.1, 0.15) is 22.3 Å². The minimum Gasteiger partial charge on any atom is -0.456 e. The molecule has 0 unspecified atom stereocenters. The first-order valence-corrected chi connectivity index (χ1v) is 59.1. The molecule has 3 nitrogen and oxygen atoms in total. The Labute approximate surface area is 863 Å². The zero-order chi connectivity index (χ0) is 98.5. The lowest BCUT2D eigenvalue weighted by atomic mass is 9.68. The highest BCUT2D eigenvalue weighted by Gasteiger charge is 2.52. The van der Waals surface area contributed by atoms with Crippen LogP contribution >= 0.6 is 0 Å². The fourth-order valence-electron chi connectivity index (χ4n) is 28.6. The molecule has 0 bridgehead atoms. The first-order chi connectivity index (χ1) is 70.3. The number of fused-ring (bicyclic) bond motifs is 23. The van der Waals surface area contributed by atoms with Crippen molar-refractivity contribution in [3.63, 3.8) is 0 Å². The highest BCUT2D eigenvalue weighted by Crippen LogP contribution is 2.66. The average molecular weight is 1900 g/mol. The van der Waals surface area contributed by atoms with E-state index in [4.69, 9.17) is 8.83 Å². The van der Waals surface area contributed by atoms with Crippen LogP contribution in [0.3, 0.4) is 0 Å². The maximum atomic E-state index is 7.62. The quantitative estimate of drug-likeness (QED) is 0.0356. The van der Waals surface area contributed by atoms with Crippen LogP contribution in [0.15, 0.2) is 227 Å². The average Bonchev–Trinajstić information content (AvgIpc) is 1.51. The summed E-state index contributed by atoms with van der Waals surface area (Å²) >= 11 is 0. The number of hydrogen-bond acceptors (Lipinski definition) is 3. The summed E-state index contributed by atoms with van der Waals surface area (Å²) < 4.78 is 14.7. The third-order valence-corrected chi connectivity index (χ3v) is 36.3. The lowest BCUT2D eigenvalue weighted by Gasteiger charge is -2.36. The molecule has 5 aliphatic rings. The molecular weight excluding hydrogens is 1730 g/mol. The van der Waals surface area contributed by atoms with Crippen LogP contribution in [0, 0.1) is 6.92 Å². The molecule has 143 heavy (non-hydrogen) atoms. The number of rotatable bonds is 57. The van der Waals surface area contributed by atoms with E-state index in [2.05, 4.69) is 299 Å². The molecule has 14 aromatic rings. The molecule has 0 N–H and O–H groups in total. The molecule has 0 radical (unpaired) electrons. The molecule has 0 amide bonds. The second kappa shape index (κ2) is 46.4. The molecule has 5 aliphatic carbocycles. The lowest BCUT2D eigenvalue weighted by Crippen LogP contribution is -2.27. The van der Waals surface area contributed by atoms with Gasteiger partial charge in [-0.15, -0.1) is 0 Å². The maximum absolute atomic E-state index is 7.62. The molecule has 3 heteroatoms. The number of aryl methyl sites for hydroxylation is 1. The first-order valence-electron chi connectivity index (χ1n) is 59.1. The van der Waals surface area contributed by atoms with Gasteiger partial charge >= 0.3 is 0 Å². The summed E-state index contributed by atoms with van der Waals surface area (Å²) in [7, 11) is 0. The monoisotopic (exact) mass is 1900 g/mol. The third kappa shape index (κ3) is 19.9. The second-order valence-electron chi connectivity index (χ2n) is 46.2. The van der Waals surface area contributed by atoms with Crippen molar-refractivity contribution < 1.29 is 8.83 Å². The zero-order valence-corrected chi connectivity index (χ0v) is 90.3. The Morgan fingerprint density at radius 3 is 1.03 bits per heavy atom. The van der Waals surface area contributed by atoms with Gasteiger partial charge in [-0.1, -0.05) is 485 Å². The van der Waals surface area contributed by atoms with E-state index in [9.17, 15) is 0 Å². The van der Waals surface area contributed by atoms with Gasteiger partial charge < -0.3 is 13.7 Å². The fraction of sp³-hybridized carbons (Fsp3) is 0.486. The van der Waals surface area contributed by atoms with E-state index in [-0.39, 0.29) is 27.1 Å². The molecule has 0 atom stereocenters. The van der Waals surface area contributed by atoms with E-state index in [0.29, 0.717) is 0 Å². The normalized spacial score (nSPS) is 14.7. The Kier molecular flexibility index (Phi) is 33.0. The minimum absolute atomic E-state index is 0.0218. The number of hydrogen-bond donors (Lipinski definition) is 0. The van der Waals surface area contributed by atoms with Crippen molar-refractivity contribution in [1.29, 1.82) is 0 Å². The van der Waals surface area contributed by atoms with Crippen molar-refractivity contribution in [1.82, 2.24) is 0 Å². The topological polar surface area (TPSA) is 29.5 Å². The molecule has 0 aliphatic heterocycles. The van der Waals surface area contributed by atoms with Gasteiger partial charge in [0.2, 0.25) is 0 Å². The molecule has 12 aromatic carbocycles. The number of benzene rings is 12. The van der Waals surface area contributed by atoms with Gasteiger partial charge in [-0.25, -0.2) is 0 Å². The number of anilines is 3. The molecule has 19 rings (SSSR count). The van der Waals surface area contributed by atoms with Crippen molar-refractivity contribution in [2.45, 2.75) is 437 Å². The van der Waals surface area contributed by atoms with E-state index in [1.807, 2.05) is 0 Å². The summed E-state index contributed by atoms with van der Waals surface area (Å²) in [4.78, 5) is 2.74. The van der Waals surface area contributed by atoms with Crippen LogP contribution in [0.25, 0.3) is 122 Å². The van der Waals surface area contributed by atoms with Crippen molar-refractivity contribution in [3.05, 3.63) is 280 Å². The largest absolute Gasteiger partial charge is 0.456 e. The Balaban J connectivity index is 0.763. The van der Waals surface area contributed by atoms with Crippen LogP contribution in [0.5, 0.6) is 0 Å². The molecule has 0 saturated carbocycles. The van der Waals surface area contributed by atoms with Gasteiger partial charge in [-0.3, -0.25) is 0 Å². The summed E-state index contributed by atoms with van der Waals surface area (Å²) in [5, 5.41) is 5.10. The molecule has 750 valence electrons. The van der Waals surface area contributed by atoms with E-state index < -0.39 is 0 Å². The van der Waals surface area contributed by atoms with Crippen molar-refractivity contribution >= 4 is 60.9 Å². The van der Waals surface area contributed by atoms with Gasteiger partial charge in [0.25, 0.3) is 0 Å². The Morgan fingerprint density at radius 1 is 0.210 bits per heavy atom. The van der Waals surface area contributed by atoms with Crippen LogP contribution in [0.4, 0.5) is 17.1 Å². The van der Waals surface area contributed by atoms with Gasteiger partial charge in [0.15, 0.2) is 0 Å². The van der Waals surface area contributed by atoms with Crippen molar-refractivity contribution in [3.8, 4) is 77.9 Å². The molecule has 0 saturated heterocycles. The Bertz CT molecular complexity index is 6620. The SMILES string of the molecule is CCCCCCCCC1(CCCCCCCC)c2cc(N(c3ccc(C)cc3)c3ccc4c(c3)C(CCCCCCC)(CCCCCCC)c3cc(-c5ccc6c(c5)C(C)(C)c5cc(-c7ccc8c(c7)C(CCCCCCC)(CCCCCCC)c7ccccc7-8)ccc5-6)c5oc6ccccc6c5c3-4)ccc2-c2cc3c(cc21)-c1c(ccc2oc4ccccc4c12)C3(CCCCCCCC)CCCCCCCC. The van der Waals surface area contributed by atoms with Crippen LogP contribution in [-0.4, -0.2) is 0 Å². The van der Waals surface area contributed by atoms with Crippen LogP contribution in [0.2, 0.25) is 0 Å². The second-order valence-corrected chi connectivity index (χ2v) is 46.2. The van der Waals surface area contributed by atoms with E-state index in [1.54, 1.807) is 33.4 Å². The smallest absolute Gasteiger partial charge is 0.143 e. The summed E-state index contributed by atoms with van der Waals surface area (Å²) in [6, 6.07) is 89.8. The zero-order valence-electron chi connectivity index (χ0n) is 90.3. The molecule has 2 heterocycles. The predicted molar refractivity (Wildman–Crippen MR) is 619 cm³/mol. The number of unbranched alkanes of at least 4 members (excludes halogenated alkanes) is 36. The third-order valence-electron chi connectivity index (χ3n) is 36.3. The lowest BCUT2D eigenvalue weighted by molar-refractivity contribution is 0.394. The van der Waals surface area contributed by atoms with Gasteiger partial charge in [-0.2, -0.15) is 0 Å². The fourth-order valence-corrected chi connectivity index (χ4v) is 28.6. The molecule has 0 spiro atoms. The van der Waals surface area contributed by atoms with Crippen LogP contribution < -0.4 is 4.90 Å². The molecule has 2 aromatic heterocycles. The highest BCUT2D eigenvalue weighted by molar-refractivity contribution is 6.20. The summed E-state index contributed by atoms with van der Waals surface area (Å²) in [5.41, 5.74) is 43.1. The summed E-state index contributed by atoms with van der Waals surface area (Å²) in [5.74, 6) is 0. The van der Waals surface area contributed by atoms with Crippen LogP contribution in [0.1, 0.15) is 464 Å². The Morgan fingerprint density at radius 2 is 0.531 bits per heavy atom. The van der Waals surface area contributed by atoms with Crippen LogP contribution in [-0.2, 0) is 27.1 Å². The van der Waals surface area contributed by atoms with E-state index in [0.717, 1.165) is 48.0 Å². The number of nitrogens with zero attached hydrogens (tertiary/aromatic N) is 1. The summed E-state index contributed by atoms with van der Waals surface area (Å²) in [6.45, 7) is 26.3. The maximum Gasteiger partial charge on any atom is 0.143 e. The standard InChI is InChI=1S/C140H173NO2/c1-12-20-28-36-44-58-86-138(87-59-45-37-29-21-13-2)119-82-83-130-133(113-63-49-52-66-128(113)142-130)132(119)117-99-125-116(98-126(117)138)111-80-75-105(95-123(111)139(125,88-60-46-38-30-22-14-3)89-61-47-39-31-23-15-4)141(104-73-68-100(9)69-74-104)106-76-81-112-124(96-106)140(90-56-42-34-26-18-7,91-57-43-35-27-19-8)127-97-115(135-134(131(112)127)114-64-50-53-67-129(114)143-135)103-72-79-109-108-77-70-101(92-120(108)136(10,11)121(109)94-103)102-71-78-110-107-62-48-51-65-118(107)137(122(110)93-102,84-54-40-32-24-16-5)85-55-41-33-25-17-6/h48-53,62-83,92-99H,12-47,54-61,84-91H2,1-11H3. The van der Waals surface area contributed by atoms with Gasteiger partial charge in [0, 0.05) is 71.2 Å². The Hall–Kier alpha value is -9.96. The number of para-hydroxylation sites is 2. The van der Waals surface area contributed by atoms with E-state index >= 15 is 0 Å². The molecule has 0 fully saturated rings. The van der Waals surface area contributed by atoms with Crippen molar-refractivity contribution in [2.75, 3.05) is 4.90 Å². The minimum atomic E-state index is -0.291.